The highest BCUT2D eigenvalue weighted by Gasteiger charge is 2.70. The zero-order valence-electron chi connectivity index (χ0n) is 33.5. The molecule has 288 valence electrons. The smallest absolute Gasteiger partial charge is 0.309 e. The number of carbonyl (C=O) groups excluding carboxylic acids is 2. The van der Waals surface area contributed by atoms with E-state index in [0.29, 0.717) is 30.0 Å². The first-order chi connectivity index (χ1) is 23.8. The van der Waals surface area contributed by atoms with Crippen LogP contribution in [0.4, 0.5) is 0 Å². The summed E-state index contributed by atoms with van der Waals surface area (Å²) in [7, 11) is 0. The average molecular weight is 711 g/mol. The second kappa shape index (κ2) is 13.5. The minimum absolute atomic E-state index is 0.00741. The Hall–Kier alpha value is -1.77. The van der Waals surface area contributed by atoms with Crippen molar-refractivity contribution < 1.29 is 29.3 Å². The van der Waals surface area contributed by atoms with Gasteiger partial charge >= 0.3 is 11.9 Å². The maximum Gasteiger partial charge on any atom is 0.309 e. The molecule has 4 saturated carbocycles. The average Bonchev–Trinajstić information content (AvgIpc) is 3.34. The number of carboxylic acid groups (broad SMARTS) is 1. The Balaban J connectivity index is 1.24. The lowest BCUT2D eigenvalue weighted by molar-refractivity contribution is -0.233. The standard InChI is InChI=1S/C43H70N2O6/c1-28(2)35-30(47)26-43(18-19-44-20-22-45(23-21-44)24-25-46)17-16-41(8)29(36(35)43)10-11-32-40(7)14-13-33(51-34(48)27-38(3,4)37(49)50)39(5,6)31(40)12-15-42(32,41)9/h28-29,31-33,46H,10-27H2,1-9H3,(H,49,50). The van der Waals surface area contributed by atoms with E-state index in [4.69, 9.17) is 4.74 Å². The number of carbonyl (C=O) groups is 3. The highest BCUT2D eigenvalue weighted by atomic mass is 16.5. The first-order valence-electron chi connectivity index (χ1n) is 20.5. The zero-order valence-corrected chi connectivity index (χ0v) is 33.5. The Bertz CT molecular complexity index is 1410. The summed E-state index contributed by atoms with van der Waals surface area (Å²) in [5.41, 5.74) is 1.80. The Kier molecular flexibility index (Phi) is 10.3. The van der Waals surface area contributed by atoms with E-state index in [1.807, 2.05) is 0 Å². The maximum atomic E-state index is 14.1. The monoisotopic (exact) mass is 711 g/mol. The summed E-state index contributed by atoms with van der Waals surface area (Å²) in [4.78, 5) is 43.9. The molecule has 8 unspecified atom stereocenters. The molecule has 8 nitrogen and oxygen atoms in total. The summed E-state index contributed by atoms with van der Waals surface area (Å²) in [5.74, 6) is 0.723. The van der Waals surface area contributed by atoms with Gasteiger partial charge in [0.2, 0.25) is 0 Å². The molecule has 6 aliphatic rings. The summed E-state index contributed by atoms with van der Waals surface area (Å²) >= 11 is 0. The van der Waals surface area contributed by atoms with Crippen LogP contribution in [-0.2, 0) is 19.1 Å². The van der Waals surface area contributed by atoms with Crippen LogP contribution in [0.3, 0.4) is 0 Å². The number of hydrogen-bond acceptors (Lipinski definition) is 7. The number of piperazine rings is 1. The predicted octanol–water partition coefficient (Wildman–Crippen LogP) is 7.38. The Morgan fingerprint density at radius 1 is 0.863 bits per heavy atom. The predicted molar refractivity (Wildman–Crippen MR) is 200 cm³/mol. The minimum Gasteiger partial charge on any atom is -0.481 e. The summed E-state index contributed by atoms with van der Waals surface area (Å²) < 4.78 is 6.18. The summed E-state index contributed by atoms with van der Waals surface area (Å²) in [5, 5.41) is 19.0. The number of aliphatic hydroxyl groups excluding tert-OH is 1. The first kappa shape index (κ1) is 38.9. The zero-order chi connectivity index (χ0) is 37.4. The number of aliphatic hydroxyl groups is 1. The van der Waals surface area contributed by atoms with E-state index in [1.165, 1.54) is 18.4 Å². The van der Waals surface area contributed by atoms with Gasteiger partial charge in [0.15, 0.2) is 5.78 Å². The van der Waals surface area contributed by atoms with Gasteiger partial charge < -0.3 is 19.8 Å². The second-order valence-electron chi connectivity index (χ2n) is 20.3. The molecular weight excluding hydrogens is 640 g/mol. The number of Topliss-reactive ketones (excluding diaryl/α,β-unsaturated/α-hetero) is 1. The van der Waals surface area contributed by atoms with Gasteiger partial charge in [-0.2, -0.15) is 0 Å². The molecule has 0 aromatic heterocycles. The van der Waals surface area contributed by atoms with Crippen molar-refractivity contribution >= 4 is 17.7 Å². The highest BCUT2D eigenvalue weighted by Crippen LogP contribution is 2.77. The van der Waals surface area contributed by atoms with Gasteiger partial charge in [-0.1, -0.05) is 54.0 Å². The van der Waals surface area contributed by atoms with Crippen molar-refractivity contribution in [1.82, 2.24) is 9.80 Å². The van der Waals surface area contributed by atoms with E-state index >= 15 is 0 Å². The van der Waals surface area contributed by atoms with Gasteiger partial charge in [0.1, 0.15) is 6.10 Å². The molecule has 8 heteroatoms. The van der Waals surface area contributed by atoms with Crippen LogP contribution < -0.4 is 0 Å². The number of fused-ring (bicyclic) bond motifs is 7. The lowest BCUT2D eigenvalue weighted by Gasteiger charge is -2.72. The van der Waals surface area contributed by atoms with Crippen LogP contribution >= 0.6 is 0 Å². The van der Waals surface area contributed by atoms with Crippen LogP contribution in [0.5, 0.6) is 0 Å². The molecule has 0 aromatic rings. The van der Waals surface area contributed by atoms with Crippen molar-refractivity contribution in [2.45, 2.75) is 139 Å². The largest absolute Gasteiger partial charge is 0.481 e. The fourth-order valence-corrected chi connectivity index (χ4v) is 13.6. The number of carboxylic acids is 1. The van der Waals surface area contributed by atoms with E-state index in [0.717, 1.165) is 84.2 Å². The third-order valence-electron chi connectivity index (χ3n) is 16.7. The summed E-state index contributed by atoms with van der Waals surface area (Å²) in [6.07, 6.45) is 10.2. The van der Waals surface area contributed by atoms with Gasteiger partial charge in [-0.3, -0.25) is 19.3 Å². The van der Waals surface area contributed by atoms with Crippen LogP contribution in [0.25, 0.3) is 0 Å². The number of allylic oxidation sites excluding steroid dienone is 2. The van der Waals surface area contributed by atoms with Crippen molar-refractivity contribution in [2.24, 2.45) is 56.2 Å². The molecule has 6 rings (SSSR count). The normalized spacial score (nSPS) is 40.0. The van der Waals surface area contributed by atoms with Crippen LogP contribution in [0.15, 0.2) is 11.1 Å². The van der Waals surface area contributed by atoms with E-state index in [1.54, 1.807) is 19.4 Å². The highest BCUT2D eigenvalue weighted by molar-refractivity contribution is 6.00. The lowest BCUT2D eigenvalue weighted by Crippen LogP contribution is -2.65. The van der Waals surface area contributed by atoms with Crippen LogP contribution in [-0.4, -0.2) is 89.7 Å². The molecule has 1 aliphatic heterocycles. The maximum absolute atomic E-state index is 14.1. The molecule has 0 bridgehead atoms. The van der Waals surface area contributed by atoms with E-state index in [-0.39, 0.29) is 52.1 Å². The van der Waals surface area contributed by atoms with Gasteiger partial charge in [0.25, 0.3) is 0 Å². The third-order valence-corrected chi connectivity index (χ3v) is 16.7. The summed E-state index contributed by atoms with van der Waals surface area (Å²) in [6.45, 7) is 26.2. The molecule has 0 aromatic carbocycles. The number of nitrogens with zero attached hydrogens (tertiary/aromatic N) is 2. The Labute approximate surface area is 308 Å². The quantitative estimate of drug-likeness (QED) is 0.226. The number of ether oxygens (including phenoxy) is 1. The number of ketones is 1. The molecule has 0 amide bonds. The van der Waals surface area contributed by atoms with Crippen LogP contribution in [0, 0.1) is 56.2 Å². The lowest BCUT2D eigenvalue weighted by atomic mass is 9.33. The number of rotatable bonds is 10. The molecule has 8 atom stereocenters. The van der Waals surface area contributed by atoms with Gasteiger partial charge in [0.05, 0.1) is 18.4 Å². The van der Waals surface area contributed by atoms with Crippen LogP contribution in [0.2, 0.25) is 0 Å². The molecule has 0 spiro atoms. The molecule has 1 heterocycles. The van der Waals surface area contributed by atoms with Crippen molar-refractivity contribution in [3.05, 3.63) is 11.1 Å². The van der Waals surface area contributed by atoms with Gasteiger partial charge in [0, 0.05) is 50.0 Å². The van der Waals surface area contributed by atoms with E-state index in [9.17, 15) is 24.6 Å². The molecule has 51 heavy (non-hydrogen) atoms. The fourth-order valence-electron chi connectivity index (χ4n) is 13.6. The van der Waals surface area contributed by atoms with E-state index in [2.05, 4.69) is 58.3 Å². The first-order valence-corrected chi connectivity index (χ1v) is 20.5. The molecule has 5 fully saturated rings. The number of β-amino-alcohol motifs (C(OH)–C–C–N with tert-alkyl or cyclic N) is 1. The number of aliphatic carboxylic acids is 1. The van der Waals surface area contributed by atoms with E-state index < -0.39 is 17.4 Å². The van der Waals surface area contributed by atoms with Gasteiger partial charge in [-0.15, -0.1) is 0 Å². The van der Waals surface area contributed by atoms with Gasteiger partial charge in [-0.05, 0) is 124 Å². The summed E-state index contributed by atoms with van der Waals surface area (Å²) in [6, 6.07) is 0. The van der Waals surface area contributed by atoms with Crippen LogP contribution in [0.1, 0.15) is 133 Å². The Morgan fingerprint density at radius 2 is 1.51 bits per heavy atom. The minimum atomic E-state index is -1.15. The topological polar surface area (TPSA) is 107 Å². The molecule has 0 radical (unpaired) electrons. The third kappa shape index (κ3) is 6.27. The van der Waals surface area contributed by atoms with Crippen molar-refractivity contribution in [2.75, 3.05) is 45.9 Å². The Morgan fingerprint density at radius 3 is 2.12 bits per heavy atom. The fraction of sp³-hybridized carbons (Fsp3) is 0.884. The molecule has 5 aliphatic carbocycles. The molecule has 1 saturated heterocycles. The molecular formula is C43H70N2O6. The SMILES string of the molecule is CC(C)C1=C2C3CCC4C5(C)CCC(OC(=O)CC(C)(C)C(=O)O)C(C)(C)C5CCC4(C)C3(C)CCC2(CCN2CCN(CCO)CC2)CC1=O. The number of esters is 1. The molecule has 2 N–H and O–H groups in total. The van der Waals surface area contributed by atoms with Crippen molar-refractivity contribution in [1.29, 1.82) is 0 Å². The number of hydrogen-bond donors (Lipinski definition) is 2. The van der Waals surface area contributed by atoms with Gasteiger partial charge in [-0.25, -0.2) is 0 Å². The van der Waals surface area contributed by atoms with Crippen molar-refractivity contribution in [3.8, 4) is 0 Å². The van der Waals surface area contributed by atoms with Crippen molar-refractivity contribution in [3.63, 3.8) is 0 Å². The second-order valence-corrected chi connectivity index (χ2v) is 20.3.